The second-order valence-corrected chi connectivity index (χ2v) is 6.61. The van der Waals surface area contributed by atoms with Gasteiger partial charge in [-0.25, -0.2) is 0 Å². The van der Waals surface area contributed by atoms with Gasteiger partial charge in [0.1, 0.15) is 0 Å². The average Bonchev–Trinajstić information content (AvgIpc) is 2.86. The molecule has 0 aliphatic carbocycles. The highest BCUT2D eigenvalue weighted by atomic mass is 35.5. The number of anilines is 1. The largest absolute Gasteiger partial charge is 0.379 e. The lowest BCUT2D eigenvalue weighted by molar-refractivity contribution is 0.711. The number of benzene rings is 2. The second-order valence-electron chi connectivity index (χ2n) is 6.20. The SMILES string of the molecule is Cl.Clc1ccc2c(c1NCc1cnc3ccccc3c1)CCNCC2. The maximum absolute atomic E-state index is 6.48. The topological polar surface area (TPSA) is 37.0 Å². The number of halogens is 2. The Bertz CT molecular complexity index is 880. The van der Waals surface area contributed by atoms with Gasteiger partial charge in [-0.3, -0.25) is 4.98 Å². The van der Waals surface area contributed by atoms with Crippen LogP contribution in [-0.4, -0.2) is 18.1 Å². The monoisotopic (exact) mass is 373 g/mol. The Kier molecular flexibility index (Phi) is 5.79. The van der Waals surface area contributed by atoms with Crippen LogP contribution in [-0.2, 0) is 19.4 Å². The van der Waals surface area contributed by atoms with Crippen molar-refractivity contribution in [1.29, 1.82) is 0 Å². The second kappa shape index (κ2) is 8.05. The molecule has 2 N–H and O–H groups in total. The molecule has 130 valence electrons. The molecule has 0 spiro atoms. The lowest BCUT2D eigenvalue weighted by Crippen LogP contribution is -2.16. The molecule has 1 aliphatic rings. The van der Waals surface area contributed by atoms with Crippen LogP contribution >= 0.6 is 24.0 Å². The Morgan fingerprint density at radius 1 is 1.08 bits per heavy atom. The molecular formula is C20H21Cl2N3. The Labute approximate surface area is 159 Å². The van der Waals surface area contributed by atoms with Crippen LogP contribution in [0.5, 0.6) is 0 Å². The maximum atomic E-state index is 6.48. The highest BCUT2D eigenvalue weighted by molar-refractivity contribution is 6.33. The van der Waals surface area contributed by atoms with E-state index in [1.54, 1.807) is 0 Å². The zero-order valence-corrected chi connectivity index (χ0v) is 15.5. The van der Waals surface area contributed by atoms with E-state index in [0.29, 0.717) is 0 Å². The van der Waals surface area contributed by atoms with Crippen LogP contribution in [0, 0.1) is 0 Å². The average molecular weight is 374 g/mol. The minimum Gasteiger partial charge on any atom is -0.379 e. The van der Waals surface area contributed by atoms with Crippen molar-refractivity contribution in [3.8, 4) is 0 Å². The Morgan fingerprint density at radius 3 is 2.84 bits per heavy atom. The van der Waals surface area contributed by atoms with Gasteiger partial charge in [0, 0.05) is 18.1 Å². The molecule has 0 saturated carbocycles. The van der Waals surface area contributed by atoms with E-state index in [-0.39, 0.29) is 12.4 Å². The van der Waals surface area contributed by atoms with Gasteiger partial charge in [0.25, 0.3) is 0 Å². The molecule has 5 heteroatoms. The maximum Gasteiger partial charge on any atom is 0.0702 e. The fourth-order valence-electron chi connectivity index (χ4n) is 3.34. The zero-order valence-electron chi connectivity index (χ0n) is 13.9. The molecule has 0 bridgehead atoms. The first kappa shape index (κ1) is 18.0. The van der Waals surface area contributed by atoms with Crippen molar-refractivity contribution in [2.75, 3.05) is 18.4 Å². The van der Waals surface area contributed by atoms with Crippen molar-refractivity contribution < 1.29 is 0 Å². The first-order valence-electron chi connectivity index (χ1n) is 8.40. The minimum absolute atomic E-state index is 0. The van der Waals surface area contributed by atoms with Crippen molar-refractivity contribution in [1.82, 2.24) is 10.3 Å². The number of aromatic nitrogens is 1. The molecule has 0 radical (unpaired) electrons. The summed E-state index contributed by atoms with van der Waals surface area (Å²) < 4.78 is 0. The molecule has 2 aromatic carbocycles. The number of nitrogens with one attached hydrogen (secondary N) is 2. The Hall–Kier alpha value is -1.81. The first-order valence-corrected chi connectivity index (χ1v) is 8.77. The summed E-state index contributed by atoms with van der Waals surface area (Å²) in [5.41, 5.74) is 6.00. The van der Waals surface area contributed by atoms with Crippen LogP contribution < -0.4 is 10.6 Å². The van der Waals surface area contributed by atoms with Gasteiger partial charge in [0.15, 0.2) is 0 Å². The fraction of sp³-hybridized carbons (Fsp3) is 0.250. The van der Waals surface area contributed by atoms with Crippen molar-refractivity contribution in [2.45, 2.75) is 19.4 Å². The normalized spacial score (nSPS) is 13.6. The highest BCUT2D eigenvalue weighted by Gasteiger charge is 2.14. The number of para-hydroxylation sites is 1. The van der Waals surface area contributed by atoms with E-state index in [2.05, 4.69) is 33.8 Å². The quantitative estimate of drug-likeness (QED) is 0.703. The summed E-state index contributed by atoms with van der Waals surface area (Å²) in [6, 6.07) is 14.5. The third-order valence-electron chi connectivity index (χ3n) is 4.60. The number of fused-ring (bicyclic) bond motifs is 2. The van der Waals surface area contributed by atoms with Gasteiger partial charge >= 0.3 is 0 Å². The Balaban J connectivity index is 0.00000182. The van der Waals surface area contributed by atoms with E-state index in [9.17, 15) is 0 Å². The molecule has 4 rings (SSSR count). The molecule has 3 nitrogen and oxygen atoms in total. The van der Waals surface area contributed by atoms with Gasteiger partial charge in [0.2, 0.25) is 0 Å². The van der Waals surface area contributed by atoms with Gasteiger partial charge < -0.3 is 10.6 Å². The predicted octanol–water partition coefficient (Wildman–Crippen LogP) is 4.61. The van der Waals surface area contributed by atoms with E-state index in [1.165, 1.54) is 16.5 Å². The van der Waals surface area contributed by atoms with Crippen LogP contribution in [0.15, 0.2) is 48.7 Å². The van der Waals surface area contributed by atoms with E-state index < -0.39 is 0 Å². The lowest BCUT2D eigenvalue weighted by atomic mass is 10.0. The lowest BCUT2D eigenvalue weighted by Gasteiger charge is -2.16. The van der Waals surface area contributed by atoms with Gasteiger partial charge in [0.05, 0.1) is 16.2 Å². The number of nitrogens with zero attached hydrogens (tertiary/aromatic N) is 1. The van der Waals surface area contributed by atoms with Crippen molar-refractivity contribution in [2.24, 2.45) is 0 Å². The van der Waals surface area contributed by atoms with Gasteiger partial charge in [-0.05, 0) is 60.8 Å². The van der Waals surface area contributed by atoms with Crippen molar-refractivity contribution in [3.05, 3.63) is 70.4 Å². The molecule has 0 fully saturated rings. The number of hydrogen-bond acceptors (Lipinski definition) is 3. The van der Waals surface area contributed by atoms with Gasteiger partial charge in [-0.2, -0.15) is 0 Å². The minimum atomic E-state index is 0. The molecule has 2 heterocycles. The Morgan fingerprint density at radius 2 is 1.92 bits per heavy atom. The molecule has 0 saturated heterocycles. The van der Waals surface area contributed by atoms with Crippen molar-refractivity contribution in [3.63, 3.8) is 0 Å². The number of pyridine rings is 1. The molecule has 0 amide bonds. The van der Waals surface area contributed by atoms with E-state index in [0.717, 1.165) is 54.3 Å². The molecule has 0 atom stereocenters. The summed E-state index contributed by atoms with van der Waals surface area (Å²) in [6.07, 6.45) is 4.00. The zero-order chi connectivity index (χ0) is 16.4. The summed E-state index contributed by atoms with van der Waals surface area (Å²) in [4.78, 5) is 4.54. The van der Waals surface area contributed by atoms with Crippen LogP contribution in [0.1, 0.15) is 16.7 Å². The molecule has 0 unspecified atom stereocenters. The standard InChI is InChI=1S/C20H20ClN3.ClH/c21-18-6-5-15-7-9-22-10-8-17(15)20(18)24-13-14-11-16-3-1-2-4-19(16)23-12-14;/h1-6,11-12,22,24H,7-10,13H2;1H. The molecular weight excluding hydrogens is 353 g/mol. The van der Waals surface area contributed by atoms with E-state index >= 15 is 0 Å². The highest BCUT2D eigenvalue weighted by Crippen LogP contribution is 2.31. The first-order chi connectivity index (χ1) is 11.8. The molecule has 1 aromatic heterocycles. The van der Waals surface area contributed by atoms with Crippen LogP contribution in [0.25, 0.3) is 10.9 Å². The summed E-state index contributed by atoms with van der Waals surface area (Å²) in [7, 11) is 0. The van der Waals surface area contributed by atoms with Gasteiger partial charge in [-0.15, -0.1) is 12.4 Å². The van der Waals surface area contributed by atoms with E-state index in [1.807, 2.05) is 30.5 Å². The van der Waals surface area contributed by atoms with E-state index in [4.69, 9.17) is 11.6 Å². The summed E-state index contributed by atoms with van der Waals surface area (Å²) >= 11 is 6.48. The number of rotatable bonds is 3. The fourth-order valence-corrected chi connectivity index (χ4v) is 3.58. The van der Waals surface area contributed by atoms with Crippen LogP contribution in [0.2, 0.25) is 5.02 Å². The predicted molar refractivity (Wildman–Crippen MR) is 108 cm³/mol. The summed E-state index contributed by atoms with van der Waals surface area (Å²) in [6.45, 7) is 2.75. The summed E-state index contributed by atoms with van der Waals surface area (Å²) in [5.74, 6) is 0. The van der Waals surface area contributed by atoms with Gasteiger partial charge in [-0.1, -0.05) is 35.9 Å². The third kappa shape index (κ3) is 3.90. The molecule has 1 aliphatic heterocycles. The van der Waals surface area contributed by atoms with Crippen molar-refractivity contribution >= 4 is 40.6 Å². The summed E-state index contributed by atoms with van der Waals surface area (Å²) in [5, 5.41) is 8.97. The third-order valence-corrected chi connectivity index (χ3v) is 4.91. The van der Waals surface area contributed by atoms with Crippen LogP contribution in [0.4, 0.5) is 5.69 Å². The molecule has 25 heavy (non-hydrogen) atoms. The smallest absolute Gasteiger partial charge is 0.0702 e. The molecule has 3 aromatic rings. The van der Waals surface area contributed by atoms with Crippen LogP contribution in [0.3, 0.4) is 0 Å². The number of hydrogen-bond donors (Lipinski definition) is 2.